The van der Waals surface area contributed by atoms with Crippen LogP contribution in [0.5, 0.6) is 17.2 Å². The van der Waals surface area contributed by atoms with Crippen LogP contribution in [-0.4, -0.2) is 37.7 Å². The van der Waals surface area contributed by atoms with Crippen LogP contribution in [0.25, 0.3) is 0 Å². The van der Waals surface area contributed by atoms with Gasteiger partial charge >= 0.3 is 0 Å². The lowest BCUT2D eigenvalue weighted by Crippen LogP contribution is -2.30. The molecular weight excluding hydrogens is 318 g/mol. The molecule has 0 N–H and O–H groups in total. The number of ether oxygens (including phenoxy) is 3. The number of hydrogen-bond acceptors (Lipinski definition) is 4. The highest BCUT2D eigenvalue weighted by atomic mass is 16.5. The molecule has 3 rings (SSSR count). The summed E-state index contributed by atoms with van der Waals surface area (Å²) in [6.45, 7) is 4.39. The Morgan fingerprint density at radius 1 is 1.08 bits per heavy atom. The van der Waals surface area contributed by atoms with Crippen LogP contribution in [0, 0.1) is 0 Å². The van der Waals surface area contributed by atoms with Gasteiger partial charge in [-0.3, -0.25) is 4.79 Å². The highest BCUT2D eigenvalue weighted by Crippen LogP contribution is 2.31. The molecule has 0 spiro atoms. The van der Waals surface area contributed by atoms with E-state index in [1.54, 1.807) is 24.1 Å². The van der Waals surface area contributed by atoms with Crippen molar-refractivity contribution in [3.63, 3.8) is 0 Å². The first-order chi connectivity index (χ1) is 12.2. The van der Waals surface area contributed by atoms with Crippen LogP contribution >= 0.6 is 0 Å². The number of fused-ring (bicyclic) bond motifs is 1. The maximum absolute atomic E-state index is 12.9. The largest absolute Gasteiger partial charge is 0.497 e. The third-order valence-corrected chi connectivity index (χ3v) is 4.20. The van der Waals surface area contributed by atoms with Crippen molar-refractivity contribution in [3.8, 4) is 17.2 Å². The van der Waals surface area contributed by atoms with Crippen molar-refractivity contribution in [3.05, 3.63) is 53.6 Å². The number of rotatable bonds is 5. The molecule has 1 amide bonds. The molecule has 0 radical (unpaired) electrons. The molecule has 0 saturated carbocycles. The van der Waals surface area contributed by atoms with E-state index in [4.69, 9.17) is 14.2 Å². The molecule has 0 atom stereocenters. The fourth-order valence-electron chi connectivity index (χ4n) is 2.76. The van der Waals surface area contributed by atoms with Crippen molar-refractivity contribution >= 4 is 5.91 Å². The zero-order chi connectivity index (χ0) is 17.6. The summed E-state index contributed by atoms with van der Waals surface area (Å²) in [6.07, 6.45) is 0.844. The van der Waals surface area contributed by atoms with E-state index >= 15 is 0 Å². The Morgan fingerprint density at radius 3 is 2.48 bits per heavy atom. The van der Waals surface area contributed by atoms with Crippen LogP contribution in [0.3, 0.4) is 0 Å². The van der Waals surface area contributed by atoms with Gasteiger partial charge in [-0.25, -0.2) is 0 Å². The summed E-state index contributed by atoms with van der Waals surface area (Å²) >= 11 is 0. The minimum Gasteiger partial charge on any atom is -0.497 e. The topological polar surface area (TPSA) is 48.0 Å². The maximum atomic E-state index is 12.9. The lowest BCUT2D eigenvalue weighted by atomic mass is 10.1. The van der Waals surface area contributed by atoms with E-state index in [-0.39, 0.29) is 5.91 Å². The molecule has 132 valence electrons. The number of carbonyl (C=O) groups is 1. The van der Waals surface area contributed by atoms with Gasteiger partial charge in [0.25, 0.3) is 5.91 Å². The number of methoxy groups -OCH3 is 1. The van der Waals surface area contributed by atoms with Crippen LogP contribution in [0.15, 0.2) is 42.5 Å². The van der Waals surface area contributed by atoms with E-state index in [2.05, 4.69) is 0 Å². The lowest BCUT2D eigenvalue weighted by Gasteiger charge is -2.21. The Bertz CT molecular complexity index is 727. The van der Waals surface area contributed by atoms with Gasteiger partial charge in [-0.15, -0.1) is 0 Å². The number of hydrogen-bond donors (Lipinski definition) is 0. The van der Waals surface area contributed by atoms with Crippen LogP contribution in [-0.2, 0) is 6.54 Å². The summed E-state index contributed by atoms with van der Waals surface area (Å²) in [7, 11) is 1.64. The molecule has 0 aliphatic carbocycles. The molecule has 1 heterocycles. The number of nitrogens with zero attached hydrogens (tertiary/aromatic N) is 1. The lowest BCUT2D eigenvalue weighted by molar-refractivity contribution is 0.0752. The number of benzene rings is 2. The van der Waals surface area contributed by atoms with E-state index in [1.807, 2.05) is 37.3 Å². The zero-order valence-corrected chi connectivity index (χ0v) is 14.7. The fraction of sp³-hybridized carbons (Fsp3) is 0.350. The predicted octanol–water partition coefficient (Wildman–Crippen LogP) is 3.52. The van der Waals surface area contributed by atoms with Gasteiger partial charge < -0.3 is 19.1 Å². The first kappa shape index (κ1) is 17.1. The van der Waals surface area contributed by atoms with Crippen LogP contribution in [0.1, 0.15) is 29.3 Å². The van der Waals surface area contributed by atoms with Crippen molar-refractivity contribution in [1.82, 2.24) is 4.90 Å². The van der Waals surface area contributed by atoms with Crippen molar-refractivity contribution in [2.75, 3.05) is 26.9 Å². The van der Waals surface area contributed by atoms with Gasteiger partial charge in [-0.2, -0.15) is 0 Å². The van der Waals surface area contributed by atoms with Crippen molar-refractivity contribution in [2.45, 2.75) is 19.9 Å². The first-order valence-corrected chi connectivity index (χ1v) is 8.53. The Kier molecular flexibility index (Phi) is 5.43. The van der Waals surface area contributed by atoms with Gasteiger partial charge in [0.05, 0.1) is 20.3 Å². The molecule has 5 nitrogen and oxygen atoms in total. The van der Waals surface area contributed by atoms with Crippen LogP contribution in [0.4, 0.5) is 0 Å². The zero-order valence-electron chi connectivity index (χ0n) is 14.7. The van der Waals surface area contributed by atoms with Gasteiger partial charge in [0.2, 0.25) is 0 Å². The molecule has 0 bridgehead atoms. The molecule has 5 heteroatoms. The molecular formula is C20H23NO4. The summed E-state index contributed by atoms with van der Waals surface area (Å²) in [5.74, 6) is 2.13. The summed E-state index contributed by atoms with van der Waals surface area (Å²) in [5, 5.41) is 0. The molecule has 0 unspecified atom stereocenters. The molecule has 1 aliphatic rings. The minimum absolute atomic E-state index is 0.0195. The normalized spacial score (nSPS) is 13.0. The Balaban J connectivity index is 1.76. The van der Waals surface area contributed by atoms with E-state index in [1.165, 1.54) is 0 Å². The van der Waals surface area contributed by atoms with Crippen LogP contribution < -0.4 is 14.2 Å². The Hall–Kier alpha value is -2.69. The molecule has 2 aromatic carbocycles. The van der Waals surface area contributed by atoms with Crippen molar-refractivity contribution < 1.29 is 19.0 Å². The van der Waals surface area contributed by atoms with Gasteiger partial charge in [0.15, 0.2) is 11.5 Å². The van der Waals surface area contributed by atoms with Gasteiger partial charge in [0.1, 0.15) is 5.75 Å². The minimum atomic E-state index is -0.0195. The maximum Gasteiger partial charge on any atom is 0.254 e. The first-order valence-electron chi connectivity index (χ1n) is 8.53. The molecule has 0 fully saturated rings. The average molecular weight is 341 g/mol. The van der Waals surface area contributed by atoms with Crippen molar-refractivity contribution in [1.29, 1.82) is 0 Å². The number of amides is 1. The average Bonchev–Trinajstić information content (AvgIpc) is 2.90. The third kappa shape index (κ3) is 4.05. The molecule has 2 aromatic rings. The highest BCUT2D eigenvalue weighted by Gasteiger charge is 2.18. The monoisotopic (exact) mass is 341 g/mol. The summed E-state index contributed by atoms with van der Waals surface area (Å²) in [5.41, 5.74) is 1.67. The SMILES string of the molecule is CCN(Cc1ccc(OC)cc1)C(=O)c1ccc2c(c1)OCCCO2. The predicted molar refractivity (Wildman–Crippen MR) is 95.5 cm³/mol. The van der Waals surface area contributed by atoms with Gasteiger partial charge in [0, 0.05) is 25.1 Å². The Labute approximate surface area is 148 Å². The standard InChI is InChI=1S/C20H23NO4/c1-3-21(14-15-5-8-17(23-2)9-6-15)20(22)16-7-10-18-19(13-16)25-12-4-11-24-18/h5-10,13H,3-4,11-12,14H2,1-2H3. The van der Waals surface area contributed by atoms with E-state index in [9.17, 15) is 4.79 Å². The summed E-state index contributed by atoms with van der Waals surface area (Å²) in [4.78, 5) is 14.7. The second-order valence-electron chi connectivity index (χ2n) is 5.88. The summed E-state index contributed by atoms with van der Waals surface area (Å²) in [6, 6.07) is 13.1. The second-order valence-corrected chi connectivity index (χ2v) is 5.88. The molecule has 1 aliphatic heterocycles. The summed E-state index contributed by atoms with van der Waals surface area (Å²) < 4.78 is 16.5. The number of carbonyl (C=O) groups excluding carboxylic acids is 1. The molecule has 0 aromatic heterocycles. The van der Waals surface area contributed by atoms with E-state index in [0.29, 0.717) is 43.4 Å². The van der Waals surface area contributed by atoms with E-state index in [0.717, 1.165) is 17.7 Å². The quantitative estimate of drug-likeness (QED) is 0.835. The third-order valence-electron chi connectivity index (χ3n) is 4.20. The van der Waals surface area contributed by atoms with Crippen LogP contribution in [0.2, 0.25) is 0 Å². The van der Waals surface area contributed by atoms with Gasteiger partial charge in [-0.05, 0) is 42.8 Å². The smallest absolute Gasteiger partial charge is 0.254 e. The van der Waals surface area contributed by atoms with Gasteiger partial charge in [-0.1, -0.05) is 12.1 Å². The van der Waals surface area contributed by atoms with Crippen molar-refractivity contribution in [2.24, 2.45) is 0 Å². The van der Waals surface area contributed by atoms with E-state index < -0.39 is 0 Å². The molecule has 0 saturated heterocycles. The Morgan fingerprint density at radius 2 is 1.80 bits per heavy atom. The highest BCUT2D eigenvalue weighted by molar-refractivity contribution is 5.95. The molecule has 25 heavy (non-hydrogen) atoms. The second kappa shape index (κ2) is 7.92. The fourth-order valence-corrected chi connectivity index (χ4v) is 2.76.